The highest BCUT2D eigenvalue weighted by atomic mass is 19.3. The maximum atomic E-state index is 14.1. The van der Waals surface area contributed by atoms with Crippen LogP contribution in [0.25, 0.3) is 0 Å². The Labute approximate surface area is 179 Å². The van der Waals surface area contributed by atoms with Crippen molar-refractivity contribution in [1.29, 1.82) is 0 Å². The number of hydrogen-bond donors (Lipinski definition) is 1. The van der Waals surface area contributed by atoms with Gasteiger partial charge in [-0.1, -0.05) is 0 Å². The summed E-state index contributed by atoms with van der Waals surface area (Å²) in [5, 5.41) is 4.62. The van der Waals surface area contributed by atoms with E-state index >= 15 is 0 Å². The highest BCUT2D eigenvalue weighted by Crippen LogP contribution is 2.47. The van der Waals surface area contributed by atoms with Crippen LogP contribution in [-0.4, -0.2) is 67.2 Å². The van der Waals surface area contributed by atoms with Crippen molar-refractivity contribution in [1.82, 2.24) is 14.7 Å². The number of hydrogen-bond acceptors (Lipinski definition) is 5. The summed E-state index contributed by atoms with van der Waals surface area (Å²) < 4.78 is 41.4. The van der Waals surface area contributed by atoms with Gasteiger partial charge >= 0.3 is 0 Å². The van der Waals surface area contributed by atoms with Crippen LogP contribution in [0.15, 0.2) is 0 Å². The quantitative estimate of drug-likeness (QED) is 0.586. The molecule has 2 N–H and O–H groups in total. The Morgan fingerprint density at radius 1 is 1.17 bits per heavy atom. The minimum absolute atomic E-state index is 0.0271. The summed E-state index contributed by atoms with van der Waals surface area (Å²) in [5.74, 6) is -2.43. The molecule has 3 rings (SSSR count). The molecule has 1 aromatic heterocycles. The molecule has 1 fully saturated rings. The highest BCUT2D eigenvalue weighted by molar-refractivity contribution is 5.34. The van der Waals surface area contributed by atoms with Crippen LogP contribution < -0.4 is 5.73 Å². The van der Waals surface area contributed by atoms with Gasteiger partial charge in [-0.25, -0.2) is 8.78 Å². The lowest BCUT2D eigenvalue weighted by atomic mass is 9.69. The van der Waals surface area contributed by atoms with E-state index in [1.54, 1.807) is 4.68 Å². The number of likely N-dealkylation sites (N-methyl/N-ethyl adjacent to an activating group) is 1. The standard InChI is InChI=1S/C22H38F2N4O2/c1-4-29-15-21(16-30-5-2)8-6-17(7-9-21)20-18(13-27(3)11-10-25)26-28-14-22(23,24)12-19(20)28/h17H,4-16,25H2,1-3H3. The maximum absolute atomic E-state index is 14.1. The van der Waals surface area contributed by atoms with Crippen LogP contribution in [0.2, 0.25) is 0 Å². The van der Waals surface area contributed by atoms with E-state index in [-0.39, 0.29) is 24.3 Å². The topological polar surface area (TPSA) is 65.5 Å². The van der Waals surface area contributed by atoms with Crippen LogP contribution in [0, 0.1) is 5.41 Å². The molecule has 1 aliphatic carbocycles. The van der Waals surface area contributed by atoms with Crippen molar-refractivity contribution in [2.45, 2.75) is 70.9 Å². The molecule has 0 aromatic carbocycles. The number of halogens is 2. The molecule has 2 aliphatic rings. The molecule has 172 valence electrons. The highest BCUT2D eigenvalue weighted by Gasteiger charge is 2.44. The third kappa shape index (κ3) is 5.39. The molecule has 0 bridgehead atoms. The second-order valence-electron chi connectivity index (χ2n) is 9.07. The Balaban J connectivity index is 1.79. The van der Waals surface area contributed by atoms with Gasteiger partial charge in [0, 0.05) is 49.5 Å². The van der Waals surface area contributed by atoms with E-state index in [4.69, 9.17) is 15.2 Å². The number of nitrogens with zero attached hydrogens (tertiary/aromatic N) is 3. The Morgan fingerprint density at radius 3 is 2.37 bits per heavy atom. The molecule has 2 heterocycles. The molecular weight excluding hydrogens is 390 g/mol. The average Bonchev–Trinajstić information content (AvgIpc) is 3.16. The summed E-state index contributed by atoms with van der Waals surface area (Å²) in [7, 11) is 2.01. The summed E-state index contributed by atoms with van der Waals surface area (Å²) in [6.45, 7) is 8.49. The zero-order valence-corrected chi connectivity index (χ0v) is 18.8. The van der Waals surface area contributed by atoms with Gasteiger partial charge in [-0.2, -0.15) is 5.10 Å². The Hall–Kier alpha value is -1.09. The van der Waals surface area contributed by atoms with Crippen LogP contribution >= 0.6 is 0 Å². The molecule has 0 radical (unpaired) electrons. The van der Waals surface area contributed by atoms with Gasteiger partial charge < -0.3 is 15.2 Å². The second kappa shape index (κ2) is 10.0. The molecule has 0 amide bonds. The molecule has 8 heteroatoms. The van der Waals surface area contributed by atoms with E-state index in [2.05, 4.69) is 10.00 Å². The minimum Gasteiger partial charge on any atom is -0.381 e. The van der Waals surface area contributed by atoms with Crippen molar-refractivity contribution in [2.75, 3.05) is 46.6 Å². The van der Waals surface area contributed by atoms with Gasteiger partial charge in [0.05, 0.1) is 25.3 Å². The maximum Gasteiger partial charge on any atom is 0.272 e. The van der Waals surface area contributed by atoms with Crippen molar-refractivity contribution in [2.24, 2.45) is 11.1 Å². The lowest BCUT2D eigenvalue weighted by Gasteiger charge is -2.40. The first-order valence-electron chi connectivity index (χ1n) is 11.3. The van der Waals surface area contributed by atoms with Gasteiger partial charge in [-0.3, -0.25) is 9.58 Å². The predicted octanol–water partition coefficient (Wildman–Crippen LogP) is 3.18. The Kier molecular flexibility index (Phi) is 7.87. The second-order valence-corrected chi connectivity index (χ2v) is 9.07. The molecule has 0 atom stereocenters. The van der Waals surface area contributed by atoms with Crippen molar-refractivity contribution >= 4 is 0 Å². The molecule has 0 spiro atoms. The summed E-state index contributed by atoms with van der Waals surface area (Å²) in [5.41, 5.74) is 8.47. The molecule has 0 unspecified atom stereocenters. The first-order valence-corrected chi connectivity index (χ1v) is 11.3. The van der Waals surface area contributed by atoms with Gasteiger partial charge in [0.15, 0.2) is 0 Å². The smallest absolute Gasteiger partial charge is 0.272 e. The Bertz CT molecular complexity index is 677. The molecule has 1 aromatic rings. The summed E-state index contributed by atoms with van der Waals surface area (Å²) >= 11 is 0. The SMILES string of the molecule is CCOCC1(COCC)CCC(c2c(CN(C)CCN)nn3c2CC(F)(F)C3)CC1. The molecule has 1 saturated carbocycles. The van der Waals surface area contributed by atoms with E-state index in [0.717, 1.165) is 49.2 Å². The van der Waals surface area contributed by atoms with Crippen LogP contribution in [0.5, 0.6) is 0 Å². The number of ether oxygens (including phenoxy) is 2. The van der Waals surface area contributed by atoms with Crippen molar-refractivity contribution in [3.63, 3.8) is 0 Å². The number of alkyl halides is 2. The van der Waals surface area contributed by atoms with E-state index in [1.807, 2.05) is 20.9 Å². The zero-order chi connectivity index (χ0) is 21.8. The summed E-state index contributed by atoms with van der Waals surface area (Å²) in [6, 6.07) is 0. The minimum atomic E-state index is -2.69. The predicted molar refractivity (Wildman–Crippen MR) is 113 cm³/mol. The van der Waals surface area contributed by atoms with Gasteiger partial charge in [-0.15, -0.1) is 0 Å². The lowest BCUT2D eigenvalue weighted by molar-refractivity contribution is -0.0396. The molecular formula is C22H38F2N4O2. The van der Waals surface area contributed by atoms with Gasteiger partial charge in [-0.05, 0) is 52.5 Å². The zero-order valence-electron chi connectivity index (χ0n) is 18.8. The fourth-order valence-electron chi connectivity index (χ4n) is 5.03. The third-order valence-corrected chi connectivity index (χ3v) is 6.59. The van der Waals surface area contributed by atoms with Crippen LogP contribution in [0.4, 0.5) is 8.78 Å². The number of fused-ring (bicyclic) bond motifs is 1. The lowest BCUT2D eigenvalue weighted by Crippen LogP contribution is -2.36. The average molecular weight is 429 g/mol. The van der Waals surface area contributed by atoms with E-state index in [0.29, 0.717) is 39.5 Å². The molecule has 30 heavy (non-hydrogen) atoms. The number of aromatic nitrogens is 2. The number of nitrogens with two attached hydrogens (primary N) is 1. The normalized spacial score (nSPS) is 20.8. The largest absolute Gasteiger partial charge is 0.381 e. The molecule has 0 saturated heterocycles. The van der Waals surface area contributed by atoms with Crippen LogP contribution in [0.1, 0.15) is 62.4 Å². The van der Waals surface area contributed by atoms with Crippen LogP contribution in [0.3, 0.4) is 0 Å². The summed E-state index contributed by atoms with van der Waals surface area (Å²) in [6.07, 6.45) is 3.68. The van der Waals surface area contributed by atoms with Crippen LogP contribution in [-0.2, 0) is 29.0 Å². The van der Waals surface area contributed by atoms with Crippen molar-refractivity contribution < 1.29 is 18.3 Å². The first-order chi connectivity index (χ1) is 14.3. The Morgan fingerprint density at radius 2 is 1.80 bits per heavy atom. The third-order valence-electron chi connectivity index (χ3n) is 6.59. The first kappa shape index (κ1) is 23.6. The monoisotopic (exact) mass is 428 g/mol. The number of rotatable bonds is 11. The molecule has 1 aliphatic heterocycles. The van der Waals surface area contributed by atoms with Crippen molar-refractivity contribution in [3.8, 4) is 0 Å². The van der Waals surface area contributed by atoms with E-state index in [9.17, 15) is 8.78 Å². The molecule has 6 nitrogen and oxygen atoms in total. The fraction of sp³-hybridized carbons (Fsp3) is 0.864. The fourth-order valence-corrected chi connectivity index (χ4v) is 5.03. The summed E-state index contributed by atoms with van der Waals surface area (Å²) in [4.78, 5) is 2.12. The van der Waals surface area contributed by atoms with E-state index < -0.39 is 5.92 Å². The van der Waals surface area contributed by atoms with Gasteiger partial charge in [0.25, 0.3) is 5.92 Å². The van der Waals surface area contributed by atoms with E-state index in [1.165, 1.54) is 0 Å². The van der Waals surface area contributed by atoms with Gasteiger partial charge in [0.1, 0.15) is 6.54 Å². The van der Waals surface area contributed by atoms with Crippen molar-refractivity contribution in [3.05, 3.63) is 17.0 Å². The van der Waals surface area contributed by atoms with Gasteiger partial charge in [0.2, 0.25) is 0 Å².